The van der Waals surface area contributed by atoms with E-state index in [-0.39, 0.29) is 25.3 Å². The van der Waals surface area contributed by atoms with Crippen LogP contribution in [0, 0.1) is 0 Å². The van der Waals surface area contributed by atoms with Crippen molar-refractivity contribution < 1.29 is 27.5 Å². The Kier molecular flexibility index (Phi) is 7.82. The highest BCUT2D eigenvalue weighted by Gasteiger charge is 2.28. The van der Waals surface area contributed by atoms with Crippen molar-refractivity contribution in [3.05, 3.63) is 131 Å². The van der Waals surface area contributed by atoms with Crippen molar-refractivity contribution in [2.45, 2.75) is 19.6 Å². The molecule has 0 saturated carbocycles. The molecule has 3 aromatic carbocycles. The molecule has 8 nitrogen and oxygen atoms in total. The summed E-state index contributed by atoms with van der Waals surface area (Å²) in [6, 6.07) is 28.7. The van der Waals surface area contributed by atoms with Crippen molar-refractivity contribution in [2.75, 3.05) is 0 Å². The molecule has 36 heavy (non-hydrogen) atoms. The van der Waals surface area contributed by atoms with Crippen LogP contribution in [0.4, 0.5) is 4.79 Å². The van der Waals surface area contributed by atoms with Crippen LogP contribution in [0.1, 0.15) is 32.7 Å². The molecule has 1 amide bonds. The van der Waals surface area contributed by atoms with Gasteiger partial charge in [-0.25, -0.2) is 18.3 Å². The molecular weight excluding hydrogens is 480 g/mol. The first kappa shape index (κ1) is 24.7. The minimum absolute atomic E-state index is 0.0395. The summed E-state index contributed by atoms with van der Waals surface area (Å²) in [5, 5.41) is 0. The van der Waals surface area contributed by atoms with Gasteiger partial charge < -0.3 is 9.47 Å². The molecule has 0 aliphatic carbocycles. The van der Waals surface area contributed by atoms with Crippen LogP contribution in [0.25, 0.3) is 0 Å². The van der Waals surface area contributed by atoms with Gasteiger partial charge in [0.1, 0.15) is 18.9 Å². The summed E-state index contributed by atoms with van der Waals surface area (Å²) in [7, 11) is -4.50. The van der Waals surface area contributed by atoms with Gasteiger partial charge in [-0.05, 0) is 34.7 Å². The predicted octanol–water partition coefficient (Wildman–Crippen LogP) is 4.46. The lowest BCUT2D eigenvalue weighted by atomic mass is 10.1. The van der Waals surface area contributed by atoms with Crippen LogP contribution in [0.15, 0.2) is 103 Å². The summed E-state index contributed by atoms with van der Waals surface area (Å²) in [5.41, 5.74) is 2.56. The Bertz CT molecular complexity index is 1420. The molecule has 1 N–H and O–H groups in total. The number of nitrogens with zero attached hydrogens (tertiary/aromatic N) is 1. The van der Waals surface area contributed by atoms with Gasteiger partial charge in [-0.2, -0.15) is 8.42 Å². The maximum Gasteiger partial charge on any atom is 0.422 e. The standard InChI is InChI=1S/C27H24N2O6S/c30-26(34-19-22-12-6-2-7-13-22)25-24(18-21-10-4-1-5-11-21)16-17-29(25)36(32,33)28-27(31)35-20-23-14-8-3-9-15-23/h1-17H,18-20H2,(H,28,31). The molecule has 0 fully saturated rings. The predicted molar refractivity (Wildman–Crippen MR) is 133 cm³/mol. The van der Waals surface area contributed by atoms with E-state index in [9.17, 15) is 18.0 Å². The zero-order valence-corrected chi connectivity index (χ0v) is 20.1. The summed E-state index contributed by atoms with van der Waals surface area (Å²) in [6.07, 6.45) is 0.336. The number of hydrogen-bond acceptors (Lipinski definition) is 6. The molecule has 1 heterocycles. The molecule has 0 radical (unpaired) electrons. The molecule has 1 aromatic heterocycles. The average molecular weight is 505 g/mol. The van der Waals surface area contributed by atoms with Crippen molar-refractivity contribution in [3.8, 4) is 0 Å². The van der Waals surface area contributed by atoms with Gasteiger partial charge in [-0.3, -0.25) is 0 Å². The van der Waals surface area contributed by atoms with Crippen LogP contribution >= 0.6 is 0 Å². The van der Waals surface area contributed by atoms with Gasteiger partial charge in [-0.1, -0.05) is 91.0 Å². The Balaban J connectivity index is 1.56. The number of carbonyl (C=O) groups excluding carboxylic acids is 2. The zero-order chi connectivity index (χ0) is 25.4. The van der Waals surface area contributed by atoms with E-state index in [1.165, 1.54) is 12.3 Å². The van der Waals surface area contributed by atoms with Crippen LogP contribution in [-0.2, 0) is 39.3 Å². The summed E-state index contributed by atoms with van der Waals surface area (Å²) >= 11 is 0. The highest BCUT2D eigenvalue weighted by Crippen LogP contribution is 2.20. The molecule has 9 heteroatoms. The van der Waals surface area contributed by atoms with Crippen molar-refractivity contribution in [2.24, 2.45) is 0 Å². The fourth-order valence-electron chi connectivity index (χ4n) is 3.53. The summed E-state index contributed by atoms with van der Waals surface area (Å²) in [4.78, 5) is 25.4. The van der Waals surface area contributed by atoms with E-state index in [0.29, 0.717) is 15.1 Å². The first-order chi connectivity index (χ1) is 17.4. The number of nitrogens with one attached hydrogen (secondary N) is 1. The largest absolute Gasteiger partial charge is 0.456 e. The molecule has 4 aromatic rings. The van der Waals surface area contributed by atoms with E-state index in [1.54, 1.807) is 36.4 Å². The number of esters is 1. The van der Waals surface area contributed by atoms with Crippen molar-refractivity contribution >= 4 is 22.3 Å². The minimum Gasteiger partial charge on any atom is -0.456 e. The number of ether oxygens (including phenoxy) is 2. The number of amides is 1. The molecule has 0 aliphatic heterocycles. The number of hydrogen-bond donors (Lipinski definition) is 1. The number of aromatic nitrogens is 1. The topological polar surface area (TPSA) is 104 Å². The maximum absolute atomic E-state index is 13.1. The third-order valence-electron chi connectivity index (χ3n) is 5.26. The maximum atomic E-state index is 13.1. The van der Waals surface area contributed by atoms with Gasteiger partial charge in [-0.15, -0.1) is 0 Å². The van der Waals surface area contributed by atoms with Crippen LogP contribution in [0.2, 0.25) is 0 Å². The van der Waals surface area contributed by atoms with Gasteiger partial charge >= 0.3 is 22.3 Å². The Labute approximate surface area is 209 Å². The van der Waals surface area contributed by atoms with Crippen LogP contribution < -0.4 is 4.72 Å². The molecular formula is C27H24N2O6S. The van der Waals surface area contributed by atoms with Gasteiger partial charge in [0.25, 0.3) is 0 Å². The number of carbonyl (C=O) groups is 2. The van der Waals surface area contributed by atoms with E-state index < -0.39 is 22.3 Å². The normalized spacial score (nSPS) is 11.0. The second-order valence-electron chi connectivity index (χ2n) is 7.88. The molecule has 0 bridgehead atoms. The lowest BCUT2D eigenvalue weighted by Crippen LogP contribution is -2.36. The zero-order valence-electron chi connectivity index (χ0n) is 19.2. The SMILES string of the molecule is O=C(NS(=O)(=O)n1ccc(Cc2ccccc2)c1C(=O)OCc1ccccc1)OCc1ccccc1. The fraction of sp³-hybridized carbons (Fsp3) is 0.111. The Morgan fingerprint density at radius 3 is 1.75 bits per heavy atom. The molecule has 0 atom stereocenters. The molecule has 0 spiro atoms. The van der Waals surface area contributed by atoms with Crippen LogP contribution in [0.3, 0.4) is 0 Å². The smallest absolute Gasteiger partial charge is 0.422 e. The lowest BCUT2D eigenvalue weighted by molar-refractivity contribution is 0.0463. The third-order valence-corrected chi connectivity index (χ3v) is 6.51. The monoisotopic (exact) mass is 504 g/mol. The van der Waals surface area contributed by atoms with E-state index in [0.717, 1.165) is 11.1 Å². The van der Waals surface area contributed by atoms with E-state index in [1.807, 2.05) is 59.3 Å². The highest BCUT2D eigenvalue weighted by atomic mass is 32.2. The van der Waals surface area contributed by atoms with E-state index >= 15 is 0 Å². The molecule has 4 rings (SSSR count). The highest BCUT2D eigenvalue weighted by molar-refractivity contribution is 7.88. The van der Waals surface area contributed by atoms with Crippen LogP contribution in [-0.4, -0.2) is 24.5 Å². The van der Waals surface area contributed by atoms with E-state index in [4.69, 9.17) is 9.47 Å². The number of rotatable bonds is 9. The van der Waals surface area contributed by atoms with E-state index in [2.05, 4.69) is 0 Å². The molecule has 184 valence electrons. The van der Waals surface area contributed by atoms with Gasteiger partial charge in [0.05, 0.1) is 0 Å². The second kappa shape index (κ2) is 11.4. The average Bonchev–Trinajstić information content (AvgIpc) is 3.32. The molecule has 0 aliphatic rings. The van der Waals surface area contributed by atoms with Crippen LogP contribution in [0.5, 0.6) is 0 Å². The minimum atomic E-state index is -4.50. The summed E-state index contributed by atoms with van der Waals surface area (Å²) in [6.45, 7) is -0.151. The van der Waals surface area contributed by atoms with Crippen molar-refractivity contribution in [1.82, 2.24) is 8.69 Å². The first-order valence-electron chi connectivity index (χ1n) is 11.1. The van der Waals surface area contributed by atoms with Crippen molar-refractivity contribution in [1.29, 1.82) is 0 Å². The molecule has 0 saturated heterocycles. The summed E-state index contributed by atoms with van der Waals surface area (Å²) < 4.78 is 39.2. The second-order valence-corrected chi connectivity index (χ2v) is 9.43. The Morgan fingerprint density at radius 2 is 1.19 bits per heavy atom. The Hall–Kier alpha value is -4.37. The summed E-state index contributed by atoms with van der Waals surface area (Å²) in [5.74, 6) is -0.835. The quantitative estimate of drug-likeness (QED) is 0.338. The Morgan fingerprint density at radius 1 is 0.694 bits per heavy atom. The van der Waals surface area contributed by atoms with Gasteiger partial charge in [0.2, 0.25) is 0 Å². The lowest BCUT2D eigenvalue weighted by Gasteiger charge is -2.13. The van der Waals surface area contributed by atoms with Gasteiger partial charge in [0.15, 0.2) is 0 Å². The first-order valence-corrected chi connectivity index (χ1v) is 12.6. The van der Waals surface area contributed by atoms with Gasteiger partial charge in [0, 0.05) is 6.20 Å². The number of benzene rings is 3. The fourth-order valence-corrected chi connectivity index (χ4v) is 4.55. The third kappa shape index (κ3) is 6.39. The van der Waals surface area contributed by atoms with Crippen molar-refractivity contribution in [3.63, 3.8) is 0 Å². The molecule has 0 unspecified atom stereocenters.